The summed E-state index contributed by atoms with van der Waals surface area (Å²) in [6.07, 6.45) is 1.30. The quantitative estimate of drug-likeness (QED) is 0.814. The molecule has 0 aliphatic rings. The van der Waals surface area contributed by atoms with Crippen LogP contribution in [0.3, 0.4) is 0 Å². The molecule has 2 N–H and O–H groups in total. The van der Waals surface area contributed by atoms with E-state index in [1.807, 2.05) is 37.3 Å². The molecule has 0 aliphatic carbocycles. The van der Waals surface area contributed by atoms with Crippen molar-refractivity contribution >= 4 is 5.97 Å². The molecule has 0 saturated heterocycles. The molecule has 0 amide bonds. The first-order chi connectivity index (χ1) is 10.0. The highest BCUT2D eigenvalue weighted by atomic mass is 16.5. The molecule has 1 aromatic carbocycles. The second-order valence-electron chi connectivity index (χ2n) is 5.12. The van der Waals surface area contributed by atoms with Gasteiger partial charge in [0.1, 0.15) is 5.54 Å². The maximum Gasteiger partial charge on any atom is 0.323 e. The summed E-state index contributed by atoms with van der Waals surface area (Å²) >= 11 is 0. The number of hydrogen-bond acceptors (Lipinski definition) is 5. The zero-order valence-electron chi connectivity index (χ0n) is 12.2. The van der Waals surface area contributed by atoms with Crippen molar-refractivity contribution in [2.24, 2.45) is 0 Å². The summed E-state index contributed by atoms with van der Waals surface area (Å²) in [5, 5.41) is 16.2. The monoisotopic (exact) mass is 289 g/mol. The number of nitrogens with one attached hydrogen (secondary N) is 1. The number of aromatic nitrogens is 2. The van der Waals surface area contributed by atoms with Crippen molar-refractivity contribution in [3.8, 4) is 11.4 Å². The predicted molar refractivity (Wildman–Crippen MR) is 77.5 cm³/mol. The third kappa shape index (κ3) is 3.66. The highest BCUT2D eigenvalue weighted by molar-refractivity contribution is 5.78. The molecule has 0 spiro atoms. The average molecular weight is 289 g/mol. The lowest BCUT2D eigenvalue weighted by molar-refractivity contribution is -0.144. The summed E-state index contributed by atoms with van der Waals surface area (Å²) in [6.45, 7) is 3.83. The molecule has 112 valence electrons. The number of carboxylic acids is 1. The minimum absolute atomic E-state index is 0.225. The van der Waals surface area contributed by atoms with E-state index in [0.717, 1.165) is 12.0 Å². The molecular formula is C15H19N3O3. The van der Waals surface area contributed by atoms with E-state index in [9.17, 15) is 9.90 Å². The van der Waals surface area contributed by atoms with Crippen LogP contribution in [0.4, 0.5) is 0 Å². The van der Waals surface area contributed by atoms with Crippen molar-refractivity contribution in [3.05, 3.63) is 36.2 Å². The third-order valence-electron chi connectivity index (χ3n) is 3.35. The second kappa shape index (κ2) is 6.49. The van der Waals surface area contributed by atoms with Crippen molar-refractivity contribution in [1.82, 2.24) is 15.5 Å². The van der Waals surface area contributed by atoms with Crippen LogP contribution in [-0.2, 0) is 11.3 Å². The van der Waals surface area contributed by atoms with Crippen LogP contribution in [0.25, 0.3) is 11.4 Å². The van der Waals surface area contributed by atoms with Crippen LogP contribution in [-0.4, -0.2) is 26.8 Å². The number of aliphatic carboxylic acids is 1. The first-order valence-corrected chi connectivity index (χ1v) is 6.91. The number of nitrogens with zero attached hydrogens (tertiary/aromatic N) is 2. The molecule has 1 atom stereocenters. The van der Waals surface area contributed by atoms with Crippen molar-refractivity contribution in [2.45, 2.75) is 38.8 Å². The van der Waals surface area contributed by atoms with E-state index in [1.165, 1.54) is 0 Å². The fourth-order valence-corrected chi connectivity index (χ4v) is 2.07. The Morgan fingerprint density at radius 3 is 2.71 bits per heavy atom. The lowest BCUT2D eigenvalue weighted by Crippen LogP contribution is -2.49. The Bertz CT molecular complexity index is 597. The second-order valence-corrected chi connectivity index (χ2v) is 5.12. The molecule has 2 aromatic rings. The highest BCUT2D eigenvalue weighted by Gasteiger charge is 2.31. The SMILES string of the molecule is CCCC(C)(NCc1nc(-c2ccccc2)no1)C(=O)O. The summed E-state index contributed by atoms with van der Waals surface area (Å²) in [5.41, 5.74) is -0.127. The largest absolute Gasteiger partial charge is 0.480 e. The van der Waals surface area contributed by atoms with E-state index in [-0.39, 0.29) is 6.54 Å². The zero-order valence-corrected chi connectivity index (χ0v) is 12.2. The highest BCUT2D eigenvalue weighted by Crippen LogP contribution is 2.16. The van der Waals surface area contributed by atoms with Gasteiger partial charge in [0.15, 0.2) is 0 Å². The summed E-state index contributed by atoms with van der Waals surface area (Å²) in [7, 11) is 0. The van der Waals surface area contributed by atoms with Crippen molar-refractivity contribution < 1.29 is 14.4 Å². The number of carboxylic acid groups (broad SMARTS) is 1. The zero-order chi connectivity index (χ0) is 15.3. The van der Waals surface area contributed by atoms with Crippen LogP contribution in [0.1, 0.15) is 32.6 Å². The predicted octanol–water partition coefficient (Wildman–Crippen LogP) is 2.47. The maximum absolute atomic E-state index is 11.3. The number of hydrogen-bond donors (Lipinski definition) is 2. The van der Waals surface area contributed by atoms with E-state index in [1.54, 1.807) is 6.92 Å². The summed E-state index contributed by atoms with van der Waals surface area (Å²) in [6, 6.07) is 9.48. The Balaban J connectivity index is 2.04. The fourth-order valence-electron chi connectivity index (χ4n) is 2.07. The Labute approximate surface area is 123 Å². The first kappa shape index (κ1) is 15.2. The van der Waals surface area contributed by atoms with Crippen LogP contribution in [0.5, 0.6) is 0 Å². The van der Waals surface area contributed by atoms with E-state index in [2.05, 4.69) is 15.5 Å². The van der Waals surface area contributed by atoms with Crippen LogP contribution in [0.15, 0.2) is 34.9 Å². The topological polar surface area (TPSA) is 88.3 Å². The number of rotatable bonds is 7. The molecule has 6 nitrogen and oxygen atoms in total. The van der Waals surface area contributed by atoms with Gasteiger partial charge in [0.25, 0.3) is 0 Å². The molecule has 1 heterocycles. The molecule has 1 unspecified atom stereocenters. The van der Waals surface area contributed by atoms with Gasteiger partial charge in [-0.15, -0.1) is 0 Å². The molecular weight excluding hydrogens is 270 g/mol. The summed E-state index contributed by atoms with van der Waals surface area (Å²) in [4.78, 5) is 15.6. The standard InChI is InChI=1S/C15H19N3O3/c1-3-9-15(2,14(19)20)16-10-12-17-13(18-21-12)11-7-5-4-6-8-11/h4-8,16H,3,9-10H2,1-2H3,(H,19,20). The first-order valence-electron chi connectivity index (χ1n) is 6.91. The van der Waals surface area contributed by atoms with Gasteiger partial charge < -0.3 is 9.63 Å². The molecule has 0 fully saturated rings. The van der Waals surface area contributed by atoms with Gasteiger partial charge in [-0.25, -0.2) is 0 Å². The number of carbonyl (C=O) groups is 1. The van der Waals surface area contributed by atoms with E-state index >= 15 is 0 Å². The molecule has 2 rings (SSSR count). The van der Waals surface area contributed by atoms with Gasteiger partial charge in [-0.3, -0.25) is 10.1 Å². The van der Waals surface area contributed by atoms with Gasteiger partial charge >= 0.3 is 5.97 Å². The fraction of sp³-hybridized carbons (Fsp3) is 0.400. The molecule has 1 aromatic heterocycles. The third-order valence-corrected chi connectivity index (χ3v) is 3.35. The molecule has 0 saturated carbocycles. The minimum Gasteiger partial charge on any atom is -0.480 e. The Hall–Kier alpha value is -2.21. The normalized spacial score (nSPS) is 13.8. The van der Waals surface area contributed by atoms with E-state index < -0.39 is 11.5 Å². The smallest absolute Gasteiger partial charge is 0.323 e. The van der Waals surface area contributed by atoms with Crippen LogP contribution in [0.2, 0.25) is 0 Å². The van der Waals surface area contributed by atoms with Gasteiger partial charge in [-0.2, -0.15) is 4.98 Å². The van der Waals surface area contributed by atoms with Gasteiger partial charge in [0.2, 0.25) is 11.7 Å². The maximum atomic E-state index is 11.3. The molecule has 0 radical (unpaired) electrons. The van der Waals surface area contributed by atoms with Crippen LogP contribution >= 0.6 is 0 Å². The van der Waals surface area contributed by atoms with Gasteiger partial charge in [0, 0.05) is 5.56 Å². The minimum atomic E-state index is -0.990. The Kier molecular flexibility index (Phi) is 4.70. The number of benzene rings is 1. The van der Waals surface area contributed by atoms with Crippen molar-refractivity contribution in [2.75, 3.05) is 0 Å². The van der Waals surface area contributed by atoms with Crippen LogP contribution < -0.4 is 5.32 Å². The molecule has 21 heavy (non-hydrogen) atoms. The summed E-state index contributed by atoms with van der Waals surface area (Å²) in [5.74, 6) is -0.00972. The lowest BCUT2D eigenvalue weighted by Gasteiger charge is -2.24. The average Bonchev–Trinajstić information content (AvgIpc) is 2.95. The molecule has 6 heteroatoms. The van der Waals surface area contributed by atoms with Gasteiger partial charge in [-0.05, 0) is 13.3 Å². The Morgan fingerprint density at radius 1 is 1.38 bits per heavy atom. The van der Waals surface area contributed by atoms with E-state index in [4.69, 9.17) is 4.52 Å². The van der Waals surface area contributed by atoms with E-state index in [0.29, 0.717) is 18.1 Å². The Morgan fingerprint density at radius 2 is 2.10 bits per heavy atom. The molecule has 0 bridgehead atoms. The summed E-state index contributed by atoms with van der Waals surface area (Å²) < 4.78 is 5.16. The van der Waals surface area contributed by atoms with Crippen LogP contribution in [0, 0.1) is 0 Å². The van der Waals surface area contributed by atoms with Gasteiger partial charge in [-0.1, -0.05) is 48.8 Å². The van der Waals surface area contributed by atoms with Crippen molar-refractivity contribution in [1.29, 1.82) is 0 Å². The molecule has 0 aliphatic heterocycles. The van der Waals surface area contributed by atoms with Crippen molar-refractivity contribution in [3.63, 3.8) is 0 Å². The van der Waals surface area contributed by atoms with Gasteiger partial charge in [0.05, 0.1) is 6.54 Å². The lowest BCUT2D eigenvalue weighted by atomic mass is 9.96.